The van der Waals surface area contributed by atoms with E-state index in [1.165, 1.54) is 0 Å². The summed E-state index contributed by atoms with van der Waals surface area (Å²) in [4.78, 5) is 16.0. The van der Waals surface area contributed by atoms with Gasteiger partial charge in [-0.3, -0.25) is 4.79 Å². The maximum Gasteiger partial charge on any atom is 0.266 e. The summed E-state index contributed by atoms with van der Waals surface area (Å²) < 4.78 is 5.24. The van der Waals surface area contributed by atoms with Crippen LogP contribution >= 0.6 is 0 Å². The molecule has 1 aliphatic rings. The molecule has 1 heterocycles. The van der Waals surface area contributed by atoms with E-state index in [2.05, 4.69) is 0 Å². The summed E-state index contributed by atoms with van der Waals surface area (Å²) in [5.41, 5.74) is 1.33. The molecule has 0 radical (unpaired) electrons. The van der Waals surface area contributed by atoms with Gasteiger partial charge in [-0.1, -0.05) is 30.3 Å². The molecule has 1 saturated heterocycles. The lowest BCUT2D eigenvalue weighted by atomic mass is 10.2. The summed E-state index contributed by atoms with van der Waals surface area (Å²) in [7, 11) is 0. The first-order valence-corrected chi connectivity index (χ1v) is 7.51. The molecule has 1 aromatic rings. The number of benzene rings is 1. The minimum atomic E-state index is -0.211. The van der Waals surface area contributed by atoms with Crippen molar-refractivity contribution in [2.45, 2.75) is 13.5 Å². The third-order valence-electron chi connectivity index (χ3n) is 3.60. The molecule has 116 valence electrons. The third-order valence-corrected chi connectivity index (χ3v) is 3.60. The van der Waals surface area contributed by atoms with Crippen LogP contribution in [0.15, 0.2) is 42.1 Å². The van der Waals surface area contributed by atoms with E-state index >= 15 is 0 Å². The Kier molecular flexibility index (Phi) is 5.99. The Bertz CT molecular complexity index is 557. The van der Waals surface area contributed by atoms with Crippen LogP contribution < -0.4 is 0 Å². The highest BCUT2D eigenvalue weighted by Crippen LogP contribution is 2.09. The lowest BCUT2D eigenvalue weighted by Crippen LogP contribution is -2.41. The van der Waals surface area contributed by atoms with Gasteiger partial charge in [0.15, 0.2) is 0 Å². The second kappa shape index (κ2) is 8.20. The second-order valence-corrected chi connectivity index (χ2v) is 5.11. The van der Waals surface area contributed by atoms with E-state index in [0.717, 1.165) is 12.1 Å². The van der Waals surface area contributed by atoms with Gasteiger partial charge in [0.2, 0.25) is 0 Å². The van der Waals surface area contributed by atoms with Crippen LogP contribution in [0.1, 0.15) is 12.5 Å². The van der Waals surface area contributed by atoms with E-state index in [-0.39, 0.29) is 11.5 Å². The number of morpholine rings is 1. The SMILES string of the molecule is CCN(/C=C(/C#N)C(=O)N1CCOCC1)Cc1ccccc1. The largest absolute Gasteiger partial charge is 0.378 e. The number of carbonyl (C=O) groups excluding carboxylic acids is 1. The molecule has 1 aromatic carbocycles. The molecular formula is C17H21N3O2. The van der Waals surface area contributed by atoms with Crippen LogP contribution in [-0.4, -0.2) is 48.6 Å². The van der Waals surface area contributed by atoms with E-state index in [1.54, 1.807) is 11.1 Å². The molecule has 0 N–H and O–H groups in total. The first-order chi connectivity index (χ1) is 10.7. The maximum absolute atomic E-state index is 12.4. The van der Waals surface area contributed by atoms with E-state index < -0.39 is 0 Å². The highest BCUT2D eigenvalue weighted by molar-refractivity contribution is 5.97. The molecular weight excluding hydrogens is 278 g/mol. The van der Waals surface area contributed by atoms with Gasteiger partial charge in [0.25, 0.3) is 5.91 Å². The molecule has 1 fully saturated rings. The van der Waals surface area contributed by atoms with Gasteiger partial charge >= 0.3 is 0 Å². The van der Waals surface area contributed by atoms with E-state index in [4.69, 9.17) is 4.74 Å². The van der Waals surface area contributed by atoms with Crippen molar-refractivity contribution in [3.8, 4) is 6.07 Å². The zero-order chi connectivity index (χ0) is 15.8. The van der Waals surface area contributed by atoms with E-state index in [1.807, 2.05) is 48.2 Å². The number of hydrogen-bond acceptors (Lipinski definition) is 4. The molecule has 2 rings (SSSR count). The minimum Gasteiger partial charge on any atom is -0.378 e. The number of nitriles is 1. The molecule has 0 aromatic heterocycles. The van der Waals surface area contributed by atoms with Crippen molar-refractivity contribution >= 4 is 5.91 Å². The molecule has 5 heteroatoms. The molecule has 1 amide bonds. The summed E-state index contributed by atoms with van der Waals surface area (Å²) in [5.74, 6) is -0.211. The average Bonchev–Trinajstić information content (AvgIpc) is 2.59. The topological polar surface area (TPSA) is 56.6 Å². The van der Waals surface area contributed by atoms with Crippen molar-refractivity contribution in [2.75, 3.05) is 32.8 Å². The fourth-order valence-electron chi connectivity index (χ4n) is 2.32. The fraction of sp³-hybridized carbons (Fsp3) is 0.412. The molecule has 0 saturated carbocycles. The van der Waals surface area contributed by atoms with Crippen molar-refractivity contribution in [3.63, 3.8) is 0 Å². The standard InChI is InChI=1S/C17H21N3O2/c1-2-19(13-15-6-4-3-5-7-15)14-16(12-18)17(21)20-8-10-22-11-9-20/h3-7,14H,2,8-11,13H2,1H3/b16-14-. The van der Waals surface area contributed by atoms with Crippen LogP contribution in [0, 0.1) is 11.3 Å². The second-order valence-electron chi connectivity index (χ2n) is 5.11. The van der Waals surface area contributed by atoms with E-state index in [9.17, 15) is 10.1 Å². The third kappa shape index (κ3) is 4.34. The molecule has 22 heavy (non-hydrogen) atoms. The van der Waals surface area contributed by atoms with Crippen LogP contribution in [0.4, 0.5) is 0 Å². The zero-order valence-corrected chi connectivity index (χ0v) is 12.9. The van der Waals surface area contributed by atoms with Crippen molar-refractivity contribution < 1.29 is 9.53 Å². The Morgan fingerprint density at radius 3 is 2.64 bits per heavy atom. The van der Waals surface area contributed by atoms with Gasteiger partial charge in [0.1, 0.15) is 11.6 Å². The molecule has 5 nitrogen and oxygen atoms in total. The Morgan fingerprint density at radius 2 is 2.05 bits per heavy atom. The average molecular weight is 299 g/mol. The normalized spacial score (nSPS) is 15.3. The van der Waals surface area contributed by atoms with Gasteiger partial charge in [0, 0.05) is 32.4 Å². The van der Waals surface area contributed by atoms with Gasteiger partial charge in [-0.2, -0.15) is 5.26 Å². The molecule has 1 aliphatic heterocycles. The highest BCUT2D eigenvalue weighted by atomic mass is 16.5. The number of carbonyl (C=O) groups is 1. The van der Waals surface area contributed by atoms with Crippen LogP contribution in [0.5, 0.6) is 0 Å². The summed E-state index contributed by atoms with van der Waals surface area (Å²) in [5, 5.41) is 9.31. The van der Waals surface area contributed by atoms with Crippen molar-refractivity contribution in [2.24, 2.45) is 0 Å². The van der Waals surface area contributed by atoms with Gasteiger partial charge < -0.3 is 14.5 Å². The predicted octanol–water partition coefficient (Wildman–Crippen LogP) is 1.77. The van der Waals surface area contributed by atoms with Gasteiger partial charge in [-0.25, -0.2) is 0 Å². The van der Waals surface area contributed by atoms with E-state index in [0.29, 0.717) is 32.8 Å². The lowest BCUT2D eigenvalue weighted by Gasteiger charge is -2.27. The van der Waals surface area contributed by atoms with Crippen LogP contribution in [0.25, 0.3) is 0 Å². The quantitative estimate of drug-likeness (QED) is 0.614. The maximum atomic E-state index is 12.4. The number of ether oxygens (including phenoxy) is 1. The Balaban J connectivity index is 2.08. The van der Waals surface area contributed by atoms with Crippen LogP contribution in [0.2, 0.25) is 0 Å². The van der Waals surface area contributed by atoms with Crippen LogP contribution in [-0.2, 0) is 16.1 Å². The highest BCUT2D eigenvalue weighted by Gasteiger charge is 2.21. The molecule has 0 unspecified atom stereocenters. The van der Waals surface area contributed by atoms with Gasteiger partial charge in [-0.05, 0) is 12.5 Å². The molecule has 0 atom stereocenters. The van der Waals surface area contributed by atoms with Crippen molar-refractivity contribution in [1.29, 1.82) is 5.26 Å². The predicted molar refractivity (Wildman–Crippen MR) is 83.6 cm³/mol. The van der Waals surface area contributed by atoms with Crippen molar-refractivity contribution in [3.05, 3.63) is 47.7 Å². The fourth-order valence-corrected chi connectivity index (χ4v) is 2.32. The monoisotopic (exact) mass is 299 g/mol. The summed E-state index contributed by atoms with van der Waals surface area (Å²) in [6.07, 6.45) is 1.67. The summed E-state index contributed by atoms with van der Waals surface area (Å²) >= 11 is 0. The molecule has 0 aliphatic carbocycles. The van der Waals surface area contributed by atoms with Crippen LogP contribution in [0.3, 0.4) is 0 Å². The molecule has 0 bridgehead atoms. The summed E-state index contributed by atoms with van der Waals surface area (Å²) in [6, 6.07) is 12.0. The minimum absolute atomic E-state index is 0.180. The molecule has 0 spiro atoms. The number of nitrogens with zero attached hydrogens (tertiary/aromatic N) is 3. The number of hydrogen-bond donors (Lipinski definition) is 0. The Morgan fingerprint density at radius 1 is 1.36 bits per heavy atom. The van der Waals surface area contributed by atoms with Crippen molar-refractivity contribution in [1.82, 2.24) is 9.80 Å². The first kappa shape index (κ1) is 16.1. The zero-order valence-electron chi connectivity index (χ0n) is 12.9. The van der Waals surface area contributed by atoms with Gasteiger partial charge in [-0.15, -0.1) is 0 Å². The number of amides is 1. The smallest absolute Gasteiger partial charge is 0.266 e. The Hall–Kier alpha value is -2.32. The summed E-state index contributed by atoms with van der Waals surface area (Å²) in [6.45, 7) is 5.58. The Labute approximate surface area is 131 Å². The van der Waals surface area contributed by atoms with Gasteiger partial charge in [0.05, 0.1) is 13.2 Å². The lowest BCUT2D eigenvalue weighted by molar-refractivity contribution is -0.130. The number of rotatable bonds is 5. The first-order valence-electron chi connectivity index (χ1n) is 7.51.